The number of hydrogen-bond acceptors (Lipinski definition) is 17. The molecule has 12 N–H and O–H groups in total. The molecule has 2 heterocycles. The molecule has 1 fully saturated rings. The molecule has 0 spiro atoms. The van der Waals surface area contributed by atoms with Crippen molar-refractivity contribution in [3.05, 3.63) is 28.7 Å². The minimum absolute atomic E-state index is 0.0778. The zero-order chi connectivity index (χ0) is 30.5. The Bertz CT molecular complexity index is 1430. The van der Waals surface area contributed by atoms with Gasteiger partial charge in [0.05, 0.1) is 11.4 Å². The Balaban J connectivity index is 1.72. The van der Waals surface area contributed by atoms with E-state index >= 15 is 0 Å². The van der Waals surface area contributed by atoms with E-state index in [0.717, 1.165) is 23.4 Å². The number of anilines is 2. The first kappa shape index (κ1) is 30.6. The Morgan fingerprint density at radius 2 is 1.49 bits per heavy atom. The molecule has 224 valence electrons. The second-order valence-electron chi connectivity index (χ2n) is 9.01. The van der Waals surface area contributed by atoms with Gasteiger partial charge in [-0.15, -0.1) is 0 Å². The number of aliphatic hydroxyl groups is 8. The van der Waals surface area contributed by atoms with Crippen molar-refractivity contribution in [3.63, 3.8) is 0 Å². The van der Waals surface area contributed by atoms with Gasteiger partial charge in [0, 0.05) is 24.5 Å². The molecule has 0 unspecified atom stereocenters. The van der Waals surface area contributed by atoms with Crippen molar-refractivity contribution in [3.8, 4) is 28.7 Å². The van der Waals surface area contributed by atoms with Gasteiger partial charge in [0.1, 0.15) is 22.3 Å². The van der Waals surface area contributed by atoms with Gasteiger partial charge in [-0.05, 0) is 34.8 Å². The van der Waals surface area contributed by atoms with E-state index in [-0.39, 0.29) is 42.7 Å². The third-order valence-corrected chi connectivity index (χ3v) is 6.96. The van der Waals surface area contributed by atoms with Gasteiger partial charge < -0.3 is 71.0 Å². The van der Waals surface area contributed by atoms with Crippen molar-refractivity contribution in [2.24, 2.45) is 5.92 Å². The van der Waals surface area contributed by atoms with Gasteiger partial charge in [0.15, 0.2) is 34.6 Å². The maximum atomic E-state index is 14.7. The van der Waals surface area contributed by atoms with E-state index in [1.807, 2.05) is 0 Å². The highest BCUT2D eigenvalue weighted by Crippen LogP contribution is 2.49. The Morgan fingerprint density at radius 3 is 2.07 bits per heavy atom. The molecule has 1 aromatic heterocycles. The number of aromatic nitrogens is 2. The lowest BCUT2D eigenvalue weighted by Crippen LogP contribution is -2.55. The minimum Gasteiger partial charge on any atom is -0.504 e. The molecule has 0 radical (unpaired) electrons. The van der Waals surface area contributed by atoms with Crippen molar-refractivity contribution in [2.45, 2.75) is 31.1 Å². The summed E-state index contributed by atoms with van der Waals surface area (Å²) in [5, 5.41) is 110. The highest BCUT2D eigenvalue weighted by molar-refractivity contribution is 9.10. The molecule has 17 nitrogen and oxygen atoms in total. The van der Waals surface area contributed by atoms with Crippen LogP contribution in [0, 0.1) is 11.7 Å². The first-order valence-corrected chi connectivity index (χ1v) is 12.3. The summed E-state index contributed by atoms with van der Waals surface area (Å²) in [5.74, 6) is -10.1. The summed E-state index contributed by atoms with van der Waals surface area (Å²) in [6, 6.07) is 1.90. The van der Waals surface area contributed by atoms with Crippen LogP contribution >= 0.6 is 15.9 Å². The number of halogens is 2. The molecule has 4 rings (SSSR count). The monoisotopic (exact) mass is 650 g/mol. The lowest BCUT2D eigenvalue weighted by molar-refractivity contribution is -0.420. The molecule has 0 saturated carbocycles. The SMILES string of the molecule is Oc1c(O)c(Nc2ncnc3cc(OC(O)(O)C4CCN(C(O)(O)O)CC4)c(OC(O)(O)O)cc23)c(F)c(O)c1Br. The Morgan fingerprint density at radius 1 is 0.878 bits per heavy atom. The van der Waals surface area contributed by atoms with Crippen LogP contribution < -0.4 is 14.8 Å². The minimum atomic E-state index is -3.81. The fourth-order valence-corrected chi connectivity index (χ4v) is 4.52. The third-order valence-electron chi connectivity index (χ3n) is 6.21. The fourth-order valence-electron chi connectivity index (χ4n) is 4.16. The van der Waals surface area contributed by atoms with Crippen LogP contribution in [0.5, 0.6) is 28.7 Å². The molecule has 1 aliphatic heterocycles. The summed E-state index contributed by atoms with van der Waals surface area (Å²) in [5.41, 5.74) is -0.897. The zero-order valence-electron chi connectivity index (χ0n) is 20.5. The highest BCUT2D eigenvalue weighted by atomic mass is 79.9. The molecule has 3 aromatic rings. The number of nitrogens with zero attached hydrogens (tertiary/aromatic N) is 3. The summed E-state index contributed by atoms with van der Waals surface area (Å²) in [4.78, 5) is 8.70. The van der Waals surface area contributed by atoms with Crippen molar-refractivity contribution >= 4 is 38.3 Å². The molecule has 1 saturated heterocycles. The number of benzene rings is 2. The second kappa shape index (κ2) is 10.8. The molecule has 19 heteroatoms. The van der Waals surface area contributed by atoms with E-state index in [4.69, 9.17) is 4.74 Å². The van der Waals surface area contributed by atoms with E-state index in [9.17, 15) is 60.6 Å². The number of piperidine rings is 1. The van der Waals surface area contributed by atoms with Crippen LogP contribution in [0.2, 0.25) is 0 Å². The highest BCUT2D eigenvalue weighted by Gasteiger charge is 2.43. The van der Waals surface area contributed by atoms with Gasteiger partial charge >= 0.3 is 18.2 Å². The lowest BCUT2D eigenvalue weighted by atomic mass is 9.94. The van der Waals surface area contributed by atoms with Gasteiger partial charge in [-0.25, -0.2) is 19.3 Å². The summed E-state index contributed by atoms with van der Waals surface area (Å²) in [7, 11) is 0. The van der Waals surface area contributed by atoms with E-state index in [0.29, 0.717) is 0 Å². The van der Waals surface area contributed by atoms with Gasteiger partial charge in [0.2, 0.25) is 0 Å². The maximum Gasteiger partial charge on any atom is 0.453 e. The smallest absolute Gasteiger partial charge is 0.453 e. The van der Waals surface area contributed by atoms with Gasteiger partial charge in [-0.1, -0.05) is 0 Å². The molecule has 0 aliphatic carbocycles. The van der Waals surface area contributed by atoms with E-state index in [2.05, 4.69) is 36.0 Å². The van der Waals surface area contributed by atoms with Crippen LogP contribution in [0.1, 0.15) is 12.8 Å². The van der Waals surface area contributed by atoms with Crippen molar-refractivity contribution < 1.29 is 70.0 Å². The van der Waals surface area contributed by atoms with Gasteiger partial charge in [0.25, 0.3) is 0 Å². The topological polar surface area (TPSA) is 282 Å². The molecular weight excluding hydrogens is 627 g/mol. The summed E-state index contributed by atoms with van der Waals surface area (Å²) >= 11 is 2.72. The number of rotatable bonds is 8. The van der Waals surface area contributed by atoms with Crippen LogP contribution in [-0.4, -0.2) is 102 Å². The molecule has 0 amide bonds. The number of likely N-dealkylation sites (tertiary alicyclic amines) is 1. The number of aromatic hydroxyl groups is 3. The summed E-state index contributed by atoms with van der Waals surface area (Å²) in [6.45, 7) is -0.386. The molecule has 0 atom stereocenters. The normalized spacial score (nSPS) is 15.8. The Kier molecular flexibility index (Phi) is 8.05. The number of hydrogen-bond donors (Lipinski definition) is 12. The number of nitrogens with one attached hydrogen (secondary N) is 1. The number of ether oxygens (including phenoxy) is 2. The van der Waals surface area contributed by atoms with Gasteiger partial charge in [-0.3, -0.25) is 0 Å². The van der Waals surface area contributed by atoms with Crippen LogP contribution in [-0.2, 0) is 0 Å². The summed E-state index contributed by atoms with van der Waals surface area (Å²) in [6.07, 6.45) is -6.23. The predicted molar refractivity (Wildman–Crippen MR) is 133 cm³/mol. The first-order chi connectivity index (χ1) is 18.9. The third kappa shape index (κ3) is 6.43. The molecular formula is C22H24BrFN4O13. The lowest BCUT2D eigenvalue weighted by Gasteiger charge is -2.40. The predicted octanol–water partition coefficient (Wildman–Crippen LogP) is -1.32. The molecule has 2 aromatic carbocycles. The first-order valence-electron chi connectivity index (χ1n) is 11.5. The Labute approximate surface area is 236 Å². The summed E-state index contributed by atoms with van der Waals surface area (Å²) < 4.78 is 24.1. The number of fused-ring (bicyclic) bond motifs is 1. The van der Waals surface area contributed by atoms with E-state index in [1.165, 1.54) is 0 Å². The standard InChI is InChI=1S/C22H24BrFN4O13/c23-13-16(29)14(24)15(18(31)17(13)30)27-19-9-5-11(41-22(37,38)39)12(6-10(9)25-7-26-19)40-20(32,33)8-1-3-28(4-2-8)21(34,35)36/h5-8,29-39H,1-4H2,(H,25,26,27). The Hall–Kier alpha value is -3.37. The number of phenols is 3. The van der Waals surface area contributed by atoms with Crippen molar-refractivity contribution in [1.29, 1.82) is 0 Å². The maximum absolute atomic E-state index is 14.7. The molecule has 0 bridgehead atoms. The van der Waals surface area contributed by atoms with E-state index < -0.39 is 68.9 Å². The average Bonchev–Trinajstić information content (AvgIpc) is 2.88. The molecule has 41 heavy (non-hydrogen) atoms. The van der Waals surface area contributed by atoms with Gasteiger partial charge in [-0.2, -0.15) is 0 Å². The van der Waals surface area contributed by atoms with Crippen molar-refractivity contribution in [1.82, 2.24) is 14.9 Å². The second-order valence-corrected chi connectivity index (χ2v) is 9.80. The average molecular weight is 651 g/mol. The van der Waals surface area contributed by atoms with Crippen LogP contribution in [0.15, 0.2) is 22.9 Å². The van der Waals surface area contributed by atoms with E-state index in [1.54, 1.807) is 0 Å². The molecule has 1 aliphatic rings. The van der Waals surface area contributed by atoms with Crippen molar-refractivity contribution in [2.75, 3.05) is 18.4 Å². The van der Waals surface area contributed by atoms with Crippen LogP contribution in [0.25, 0.3) is 10.9 Å². The van der Waals surface area contributed by atoms with Crippen LogP contribution in [0.4, 0.5) is 15.9 Å². The zero-order valence-corrected chi connectivity index (χ0v) is 22.1. The van der Waals surface area contributed by atoms with Crippen LogP contribution in [0.3, 0.4) is 0 Å². The largest absolute Gasteiger partial charge is 0.504 e. The number of phenolic OH excluding ortho intramolecular Hbond substituents is 3. The quantitative estimate of drug-likeness (QED) is 0.0764. The fraction of sp³-hybridized carbons (Fsp3) is 0.364.